The molecule has 1 aliphatic heterocycles. The van der Waals surface area contributed by atoms with Gasteiger partial charge >= 0.3 is 7.12 Å². The first-order valence-corrected chi connectivity index (χ1v) is 6.78. The van der Waals surface area contributed by atoms with Crippen LogP contribution in [0.25, 0.3) is 5.70 Å². The quantitative estimate of drug-likeness (QED) is 0.383. The van der Waals surface area contributed by atoms with Gasteiger partial charge in [-0.15, -0.1) is 0 Å². The van der Waals surface area contributed by atoms with Crippen LogP contribution in [-0.2, 0) is 9.31 Å². The zero-order valence-electron chi connectivity index (χ0n) is 12.9. The fourth-order valence-electron chi connectivity index (χ4n) is 1.97. The van der Waals surface area contributed by atoms with Crippen LogP contribution >= 0.6 is 0 Å². The third-order valence-corrected chi connectivity index (χ3v) is 4.03. The zero-order valence-corrected chi connectivity index (χ0v) is 12.9. The van der Waals surface area contributed by atoms with E-state index in [9.17, 15) is 0 Å². The van der Waals surface area contributed by atoms with E-state index in [1.165, 1.54) is 0 Å². The van der Waals surface area contributed by atoms with Crippen molar-refractivity contribution in [3.8, 4) is 0 Å². The van der Waals surface area contributed by atoms with E-state index in [0.29, 0.717) is 5.70 Å². The van der Waals surface area contributed by atoms with Crippen molar-refractivity contribution in [1.29, 1.82) is 0 Å². The van der Waals surface area contributed by atoms with Crippen molar-refractivity contribution in [2.45, 2.75) is 38.9 Å². The molecule has 6 nitrogen and oxygen atoms in total. The van der Waals surface area contributed by atoms with Gasteiger partial charge in [-0.3, -0.25) is 5.43 Å². The van der Waals surface area contributed by atoms with E-state index >= 15 is 0 Å². The molecule has 0 aromatic heterocycles. The van der Waals surface area contributed by atoms with Gasteiger partial charge in [-0.2, -0.15) is 0 Å². The number of hydrogen-bond acceptors (Lipinski definition) is 4. The highest BCUT2D eigenvalue weighted by Gasteiger charge is 2.51. The molecule has 0 radical (unpaired) electrons. The zero-order chi connectivity index (χ0) is 15.7. The predicted molar refractivity (Wildman–Crippen MR) is 83.4 cm³/mol. The predicted octanol–water partition coefficient (Wildman–Crippen LogP) is 1.79. The lowest BCUT2D eigenvalue weighted by Gasteiger charge is -2.32. The molecule has 0 bridgehead atoms. The van der Waals surface area contributed by atoms with Crippen molar-refractivity contribution >= 4 is 18.3 Å². The Kier molecular flexibility index (Phi) is 4.07. The molecule has 0 atom stereocenters. The second-order valence-corrected chi connectivity index (χ2v) is 6.02. The summed E-state index contributed by atoms with van der Waals surface area (Å²) in [5.74, 6) is 4.93. The van der Waals surface area contributed by atoms with Crippen LogP contribution in [0.15, 0.2) is 41.3 Å². The second kappa shape index (κ2) is 5.50. The Balaban J connectivity index is 2.12. The van der Waals surface area contributed by atoms with Gasteiger partial charge in [-0.05, 0) is 38.7 Å². The van der Waals surface area contributed by atoms with E-state index in [4.69, 9.17) is 15.2 Å². The van der Waals surface area contributed by atoms with Crippen molar-refractivity contribution in [2.75, 3.05) is 0 Å². The summed E-state index contributed by atoms with van der Waals surface area (Å²) in [4.78, 5) is 0. The number of hydrogen-bond donors (Lipinski definition) is 2. The third-order valence-electron chi connectivity index (χ3n) is 4.03. The van der Waals surface area contributed by atoms with Gasteiger partial charge < -0.3 is 15.2 Å². The van der Waals surface area contributed by atoms with Crippen LogP contribution in [0.2, 0.25) is 0 Å². The average Bonchev–Trinajstić information content (AvgIpc) is 2.65. The monoisotopic (exact) mass is 288 g/mol. The first kappa shape index (κ1) is 15.5. The number of nitrogens with one attached hydrogen (secondary N) is 1. The lowest BCUT2D eigenvalue weighted by Crippen LogP contribution is -2.41. The largest absolute Gasteiger partial charge is 0.494 e. The van der Waals surface area contributed by atoms with Gasteiger partial charge in [0.15, 0.2) is 0 Å². The van der Waals surface area contributed by atoms with E-state index in [-0.39, 0.29) is 18.3 Å². The summed E-state index contributed by atoms with van der Waals surface area (Å²) in [6.45, 7) is 12.0. The van der Waals surface area contributed by atoms with Crippen LogP contribution in [0, 0.1) is 0 Å². The Morgan fingerprint density at radius 2 is 1.67 bits per heavy atom. The van der Waals surface area contributed by atoms with Crippen LogP contribution in [0.3, 0.4) is 0 Å². The molecule has 21 heavy (non-hydrogen) atoms. The summed E-state index contributed by atoms with van der Waals surface area (Å²) in [5.41, 5.74) is 4.42. The molecule has 1 fully saturated rings. The number of nitrogens with two attached hydrogens (primary N) is 1. The molecule has 7 heteroatoms. The molecule has 0 aliphatic carbocycles. The van der Waals surface area contributed by atoms with Crippen LogP contribution in [0.4, 0.5) is 0 Å². The molecule has 3 N–H and O–H groups in total. The van der Waals surface area contributed by atoms with E-state index < -0.39 is 0 Å². The van der Waals surface area contributed by atoms with Crippen LogP contribution in [-0.4, -0.2) is 18.3 Å². The van der Waals surface area contributed by atoms with Gasteiger partial charge in [0, 0.05) is 0 Å². The summed E-state index contributed by atoms with van der Waals surface area (Å²) in [6.07, 6.45) is 0. The van der Waals surface area contributed by atoms with Crippen molar-refractivity contribution in [3.63, 3.8) is 0 Å². The molecule has 1 heterocycles. The maximum Gasteiger partial charge on any atom is 0.494 e. The Hall–Kier alpha value is -1.86. The Morgan fingerprint density at radius 1 is 1.14 bits per heavy atom. The molecule has 1 aromatic rings. The van der Waals surface area contributed by atoms with Gasteiger partial charge in [-0.1, -0.05) is 41.3 Å². The first-order valence-electron chi connectivity index (χ1n) is 6.78. The average molecular weight is 288 g/mol. The first-order chi connectivity index (χ1) is 9.77. The Morgan fingerprint density at radius 3 is 2.14 bits per heavy atom. The normalized spacial score (nSPS) is 19.9. The summed E-state index contributed by atoms with van der Waals surface area (Å²) >= 11 is 0. The van der Waals surface area contributed by atoms with Gasteiger partial charge in [0.25, 0.3) is 0 Å². The minimum Gasteiger partial charge on any atom is -0.399 e. The Bertz CT molecular complexity index is 539. The molecule has 0 amide bonds. The summed E-state index contributed by atoms with van der Waals surface area (Å²) in [6, 6.07) is 7.73. The molecule has 0 unspecified atom stereocenters. The molecule has 0 spiro atoms. The van der Waals surface area contributed by atoms with Gasteiger partial charge in [0.1, 0.15) is 0 Å². The topological polar surface area (TPSA) is 81.2 Å². The lowest BCUT2D eigenvalue weighted by atomic mass is 9.79. The summed E-state index contributed by atoms with van der Waals surface area (Å²) in [5, 5.41) is 6.62. The number of nitrogens with zero attached hydrogens (tertiary/aromatic N) is 2. The van der Waals surface area contributed by atoms with Crippen LogP contribution in [0.5, 0.6) is 0 Å². The van der Waals surface area contributed by atoms with Crippen molar-refractivity contribution in [3.05, 3.63) is 36.4 Å². The maximum absolute atomic E-state index is 6.01. The lowest BCUT2D eigenvalue weighted by molar-refractivity contribution is 0.00578. The molecule has 0 saturated carbocycles. The minimum atomic E-state index is -0.367. The smallest absolute Gasteiger partial charge is 0.399 e. The fourth-order valence-corrected chi connectivity index (χ4v) is 1.97. The second-order valence-electron chi connectivity index (χ2n) is 6.02. The molecule has 112 valence electrons. The minimum absolute atomic E-state index is 0.344. The fraction of sp³-hybridized carbons (Fsp3) is 0.429. The molecule has 1 saturated heterocycles. The number of rotatable bonds is 4. The molecular weight excluding hydrogens is 267 g/mol. The SMILES string of the molecule is C=C(N/N=N\N)c1ccc(B2OC(C)(C)C(C)(C)O2)cc1. The van der Waals surface area contributed by atoms with Crippen LogP contribution < -0.4 is 16.7 Å². The molecule has 2 rings (SSSR count). The van der Waals surface area contributed by atoms with E-state index in [0.717, 1.165) is 11.0 Å². The van der Waals surface area contributed by atoms with Gasteiger partial charge in [-0.25, -0.2) is 0 Å². The highest BCUT2D eigenvalue weighted by molar-refractivity contribution is 6.62. The van der Waals surface area contributed by atoms with Crippen molar-refractivity contribution in [2.24, 2.45) is 16.3 Å². The van der Waals surface area contributed by atoms with Gasteiger partial charge in [0.05, 0.1) is 16.9 Å². The highest BCUT2D eigenvalue weighted by Crippen LogP contribution is 2.36. The van der Waals surface area contributed by atoms with Crippen molar-refractivity contribution < 1.29 is 9.31 Å². The molecular formula is C14H21BN4O2. The standard InChI is InChI=1S/C14H21BN4O2/c1-10(17-19-18-16)11-6-8-12(9-7-11)15-20-13(2,3)14(4,5)21-15/h6-9H,1H2,2-5H3,(H2,16,19)(H,17,18). The van der Waals surface area contributed by atoms with Crippen LogP contribution in [0.1, 0.15) is 33.3 Å². The van der Waals surface area contributed by atoms with E-state index in [1.807, 2.05) is 52.0 Å². The molecule has 1 aliphatic rings. The maximum atomic E-state index is 6.01. The van der Waals surface area contributed by atoms with Crippen molar-refractivity contribution in [1.82, 2.24) is 5.43 Å². The highest BCUT2D eigenvalue weighted by atomic mass is 16.7. The Labute approximate surface area is 125 Å². The number of benzene rings is 1. The molecule has 1 aromatic carbocycles. The van der Waals surface area contributed by atoms with Gasteiger partial charge in [0.2, 0.25) is 0 Å². The third kappa shape index (κ3) is 3.09. The summed E-state index contributed by atoms with van der Waals surface area (Å²) in [7, 11) is -0.367. The van der Waals surface area contributed by atoms with E-state index in [2.05, 4.69) is 22.5 Å². The van der Waals surface area contributed by atoms with E-state index in [1.54, 1.807) is 0 Å². The summed E-state index contributed by atoms with van der Waals surface area (Å²) < 4.78 is 12.0.